The molecule has 2 N–H and O–H groups in total. The second kappa shape index (κ2) is 6.17. The van der Waals surface area contributed by atoms with Crippen LogP contribution in [-0.4, -0.2) is 23.4 Å². The summed E-state index contributed by atoms with van der Waals surface area (Å²) < 4.78 is 11.2. The van der Waals surface area contributed by atoms with E-state index < -0.39 is 6.04 Å². The molecule has 24 heavy (non-hydrogen) atoms. The summed E-state index contributed by atoms with van der Waals surface area (Å²) in [5.41, 5.74) is 8.08. The first-order valence-corrected chi connectivity index (χ1v) is 8.28. The standard InChI is InChI=1S/C19H20N2O3/c20-16(11-15-10-13-4-1-2-5-18(13)24-15)19(22)21-8-3-6-17-14(12-21)7-9-23-17/h1-2,4-5,7,9-10,16H,3,6,8,11-12,20H2. The minimum atomic E-state index is -0.598. The number of amides is 1. The number of aryl methyl sites for hydroxylation is 1. The number of hydrogen-bond donors (Lipinski definition) is 1. The molecular weight excluding hydrogens is 304 g/mol. The summed E-state index contributed by atoms with van der Waals surface area (Å²) in [4.78, 5) is 14.6. The van der Waals surface area contributed by atoms with Crippen LogP contribution in [0.3, 0.4) is 0 Å². The van der Waals surface area contributed by atoms with Crippen molar-refractivity contribution < 1.29 is 13.6 Å². The second-order valence-corrected chi connectivity index (χ2v) is 6.29. The predicted octanol–water partition coefficient (Wildman–Crippen LogP) is 2.87. The highest BCUT2D eigenvalue weighted by Crippen LogP contribution is 2.22. The Labute approximate surface area is 140 Å². The smallest absolute Gasteiger partial charge is 0.240 e. The molecule has 0 aliphatic carbocycles. The average molecular weight is 324 g/mol. The van der Waals surface area contributed by atoms with Crippen LogP contribution in [0.5, 0.6) is 0 Å². The number of hydrogen-bond acceptors (Lipinski definition) is 4. The van der Waals surface area contributed by atoms with E-state index in [-0.39, 0.29) is 5.91 Å². The van der Waals surface area contributed by atoms with E-state index in [1.54, 1.807) is 6.26 Å². The third-order valence-electron chi connectivity index (χ3n) is 4.56. The number of carbonyl (C=O) groups excluding carboxylic acids is 1. The lowest BCUT2D eigenvalue weighted by Gasteiger charge is -2.23. The van der Waals surface area contributed by atoms with E-state index in [2.05, 4.69) is 0 Å². The van der Waals surface area contributed by atoms with Crippen molar-refractivity contribution in [2.24, 2.45) is 5.73 Å². The van der Waals surface area contributed by atoms with Crippen LogP contribution < -0.4 is 5.73 Å². The fourth-order valence-electron chi connectivity index (χ4n) is 3.31. The fraction of sp³-hybridized carbons (Fsp3) is 0.316. The Balaban J connectivity index is 1.47. The fourth-order valence-corrected chi connectivity index (χ4v) is 3.31. The monoisotopic (exact) mass is 324 g/mol. The summed E-state index contributed by atoms with van der Waals surface area (Å²) >= 11 is 0. The summed E-state index contributed by atoms with van der Waals surface area (Å²) in [7, 11) is 0. The summed E-state index contributed by atoms with van der Waals surface area (Å²) in [6.45, 7) is 1.27. The highest BCUT2D eigenvalue weighted by molar-refractivity contribution is 5.82. The van der Waals surface area contributed by atoms with Crippen LogP contribution in [0.1, 0.15) is 23.5 Å². The molecule has 1 aromatic carbocycles. The molecule has 4 rings (SSSR count). The molecule has 1 amide bonds. The Hall–Kier alpha value is -2.53. The molecule has 0 spiro atoms. The normalized spacial score (nSPS) is 16.0. The highest BCUT2D eigenvalue weighted by Gasteiger charge is 2.25. The van der Waals surface area contributed by atoms with Crippen LogP contribution in [0.25, 0.3) is 11.0 Å². The van der Waals surface area contributed by atoms with Gasteiger partial charge in [-0.3, -0.25) is 4.79 Å². The van der Waals surface area contributed by atoms with E-state index in [4.69, 9.17) is 14.6 Å². The number of fused-ring (bicyclic) bond motifs is 2. The summed E-state index contributed by atoms with van der Waals surface area (Å²) in [5, 5.41) is 1.03. The van der Waals surface area contributed by atoms with Gasteiger partial charge in [-0.2, -0.15) is 0 Å². The van der Waals surface area contributed by atoms with Crippen molar-refractivity contribution in [1.29, 1.82) is 0 Å². The SMILES string of the molecule is NC(Cc1cc2ccccc2o1)C(=O)N1CCCc2occc2C1. The maximum absolute atomic E-state index is 12.7. The van der Waals surface area contributed by atoms with E-state index in [0.717, 1.165) is 40.9 Å². The molecule has 3 aromatic rings. The summed E-state index contributed by atoms with van der Waals surface area (Å²) in [6, 6.07) is 11.1. The van der Waals surface area contributed by atoms with Gasteiger partial charge in [0.25, 0.3) is 0 Å². The Morgan fingerprint density at radius 3 is 3.04 bits per heavy atom. The van der Waals surface area contributed by atoms with Gasteiger partial charge in [-0.25, -0.2) is 0 Å². The lowest BCUT2D eigenvalue weighted by atomic mass is 10.1. The average Bonchev–Trinajstić information content (AvgIpc) is 3.14. The number of furan rings is 2. The maximum atomic E-state index is 12.7. The molecule has 0 saturated carbocycles. The van der Waals surface area contributed by atoms with E-state index in [1.165, 1.54) is 0 Å². The van der Waals surface area contributed by atoms with Crippen molar-refractivity contribution >= 4 is 16.9 Å². The number of para-hydroxylation sites is 1. The molecule has 0 radical (unpaired) electrons. The second-order valence-electron chi connectivity index (χ2n) is 6.29. The third kappa shape index (κ3) is 2.83. The zero-order chi connectivity index (χ0) is 16.5. The Bertz CT molecular complexity index is 831. The lowest BCUT2D eigenvalue weighted by molar-refractivity contribution is -0.133. The van der Waals surface area contributed by atoms with E-state index >= 15 is 0 Å². The van der Waals surface area contributed by atoms with Gasteiger partial charge in [-0.15, -0.1) is 0 Å². The molecular formula is C19H20N2O3. The molecule has 1 atom stereocenters. The Morgan fingerprint density at radius 1 is 1.29 bits per heavy atom. The maximum Gasteiger partial charge on any atom is 0.240 e. The van der Waals surface area contributed by atoms with Gasteiger partial charge in [0.15, 0.2) is 0 Å². The van der Waals surface area contributed by atoms with Crippen molar-refractivity contribution in [3.05, 3.63) is 59.7 Å². The van der Waals surface area contributed by atoms with Crippen molar-refractivity contribution in [2.75, 3.05) is 6.54 Å². The molecule has 1 unspecified atom stereocenters. The summed E-state index contributed by atoms with van der Waals surface area (Å²) in [6.07, 6.45) is 3.85. The van der Waals surface area contributed by atoms with Gasteiger partial charge < -0.3 is 19.5 Å². The lowest BCUT2D eigenvalue weighted by Crippen LogP contribution is -2.44. The van der Waals surface area contributed by atoms with Crippen molar-refractivity contribution in [1.82, 2.24) is 4.90 Å². The zero-order valence-corrected chi connectivity index (χ0v) is 13.4. The minimum Gasteiger partial charge on any atom is -0.469 e. The van der Waals surface area contributed by atoms with Gasteiger partial charge in [-0.05, 0) is 24.6 Å². The zero-order valence-electron chi connectivity index (χ0n) is 13.4. The van der Waals surface area contributed by atoms with Gasteiger partial charge in [0, 0.05) is 36.9 Å². The molecule has 0 bridgehead atoms. The van der Waals surface area contributed by atoms with E-state index in [0.29, 0.717) is 19.5 Å². The van der Waals surface area contributed by atoms with Crippen LogP contribution in [0.15, 0.2) is 51.5 Å². The van der Waals surface area contributed by atoms with Gasteiger partial charge in [0.05, 0.1) is 12.3 Å². The number of benzene rings is 1. The van der Waals surface area contributed by atoms with Crippen LogP contribution in [0, 0.1) is 0 Å². The minimum absolute atomic E-state index is 0.0375. The summed E-state index contributed by atoms with van der Waals surface area (Å²) in [5.74, 6) is 1.69. The number of rotatable bonds is 3. The molecule has 1 aliphatic rings. The molecule has 124 valence electrons. The van der Waals surface area contributed by atoms with E-state index in [1.807, 2.05) is 41.3 Å². The van der Waals surface area contributed by atoms with Crippen molar-refractivity contribution in [2.45, 2.75) is 31.8 Å². The molecule has 0 saturated heterocycles. The molecule has 5 nitrogen and oxygen atoms in total. The largest absolute Gasteiger partial charge is 0.469 e. The first-order chi connectivity index (χ1) is 11.7. The van der Waals surface area contributed by atoms with Gasteiger partial charge in [0.1, 0.15) is 17.1 Å². The van der Waals surface area contributed by atoms with Crippen LogP contribution in [0.4, 0.5) is 0 Å². The molecule has 5 heteroatoms. The first-order valence-electron chi connectivity index (χ1n) is 8.28. The predicted molar refractivity (Wildman–Crippen MR) is 90.3 cm³/mol. The van der Waals surface area contributed by atoms with Gasteiger partial charge in [0.2, 0.25) is 5.91 Å². The molecule has 0 fully saturated rings. The van der Waals surface area contributed by atoms with Gasteiger partial charge in [-0.1, -0.05) is 18.2 Å². The van der Waals surface area contributed by atoms with Crippen molar-refractivity contribution in [3.63, 3.8) is 0 Å². The molecule has 3 heterocycles. The van der Waals surface area contributed by atoms with Crippen LogP contribution in [-0.2, 0) is 24.2 Å². The number of nitrogens with zero attached hydrogens (tertiary/aromatic N) is 1. The quantitative estimate of drug-likeness (QED) is 0.804. The van der Waals surface area contributed by atoms with Gasteiger partial charge >= 0.3 is 0 Å². The van der Waals surface area contributed by atoms with Crippen LogP contribution >= 0.6 is 0 Å². The van der Waals surface area contributed by atoms with Crippen molar-refractivity contribution in [3.8, 4) is 0 Å². The van der Waals surface area contributed by atoms with E-state index in [9.17, 15) is 4.79 Å². The number of carbonyl (C=O) groups is 1. The Morgan fingerprint density at radius 2 is 2.17 bits per heavy atom. The molecule has 1 aliphatic heterocycles. The third-order valence-corrected chi connectivity index (χ3v) is 4.56. The van der Waals surface area contributed by atoms with Crippen LogP contribution in [0.2, 0.25) is 0 Å². The topological polar surface area (TPSA) is 72.6 Å². The molecule has 2 aromatic heterocycles. The number of nitrogens with two attached hydrogens (primary N) is 1. The first kappa shape index (κ1) is 15.0. The Kier molecular flexibility index (Phi) is 3.86. The highest BCUT2D eigenvalue weighted by atomic mass is 16.3.